The van der Waals surface area contributed by atoms with Gasteiger partial charge in [-0.15, -0.1) is 0 Å². The minimum Gasteiger partial charge on any atom is -0.494 e. The second-order valence-electron chi connectivity index (χ2n) is 5.68. The molecule has 0 aromatic heterocycles. The standard InChI is InChI=1S/C18H26FNO/c1-3-12-20-16(13-14-8-5-4-6-9-14)15-10-7-11-17(21-2)18(15)19/h7-8,10-11,16,20H,3-6,9,12-13H2,1-2H3. The molecular weight excluding hydrogens is 265 g/mol. The normalized spacial score (nSPS) is 16.4. The average molecular weight is 291 g/mol. The van der Waals surface area contributed by atoms with E-state index in [1.54, 1.807) is 6.07 Å². The maximum atomic E-state index is 14.5. The van der Waals surface area contributed by atoms with E-state index in [1.165, 1.54) is 25.5 Å². The van der Waals surface area contributed by atoms with Crippen molar-refractivity contribution in [1.82, 2.24) is 5.32 Å². The Bertz CT molecular complexity index is 484. The van der Waals surface area contributed by atoms with Crippen molar-refractivity contribution in [2.24, 2.45) is 0 Å². The van der Waals surface area contributed by atoms with Crippen molar-refractivity contribution in [2.75, 3.05) is 13.7 Å². The first kappa shape index (κ1) is 16.0. The molecule has 0 spiro atoms. The second kappa shape index (κ2) is 8.18. The summed E-state index contributed by atoms with van der Waals surface area (Å²) in [5.41, 5.74) is 2.17. The summed E-state index contributed by atoms with van der Waals surface area (Å²) < 4.78 is 19.6. The van der Waals surface area contributed by atoms with Gasteiger partial charge in [-0.3, -0.25) is 0 Å². The minimum absolute atomic E-state index is 0.0319. The molecule has 1 atom stereocenters. The van der Waals surface area contributed by atoms with E-state index in [0.717, 1.165) is 32.2 Å². The van der Waals surface area contributed by atoms with E-state index in [0.29, 0.717) is 11.3 Å². The Kier molecular flexibility index (Phi) is 6.24. The maximum Gasteiger partial charge on any atom is 0.169 e. The highest BCUT2D eigenvalue weighted by atomic mass is 19.1. The first-order chi connectivity index (χ1) is 10.3. The van der Waals surface area contributed by atoms with Crippen LogP contribution in [-0.4, -0.2) is 13.7 Å². The fourth-order valence-corrected chi connectivity index (χ4v) is 2.92. The summed E-state index contributed by atoms with van der Waals surface area (Å²) >= 11 is 0. The molecule has 1 unspecified atom stereocenters. The van der Waals surface area contributed by atoms with Crippen LogP contribution in [-0.2, 0) is 0 Å². The van der Waals surface area contributed by atoms with Crippen molar-refractivity contribution in [3.63, 3.8) is 0 Å². The van der Waals surface area contributed by atoms with Crippen LogP contribution in [0, 0.1) is 5.82 Å². The van der Waals surface area contributed by atoms with Gasteiger partial charge in [0.15, 0.2) is 11.6 Å². The van der Waals surface area contributed by atoms with Gasteiger partial charge in [-0.05, 0) is 51.1 Å². The van der Waals surface area contributed by atoms with Crippen LogP contribution in [0.1, 0.15) is 57.1 Å². The van der Waals surface area contributed by atoms with Crippen LogP contribution in [0.3, 0.4) is 0 Å². The first-order valence-electron chi connectivity index (χ1n) is 8.00. The molecule has 2 rings (SSSR count). The van der Waals surface area contributed by atoms with E-state index in [2.05, 4.69) is 18.3 Å². The van der Waals surface area contributed by atoms with E-state index in [-0.39, 0.29) is 11.9 Å². The topological polar surface area (TPSA) is 21.3 Å². The summed E-state index contributed by atoms with van der Waals surface area (Å²) in [5.74, 6) is 0.0958. The van der Waals surface area contributed by atoms with Crippen molar-refractivity contribution >= 4 is 0 Å². The number of allylic oxidation sites excluding steroid dienone is 1. The molecule has 0 radical (unpaired) electrons. The van der Waals surface area contributed by atoms with Crippen molar-refractivity contribution < 1.29 is 9.13 Å². The summed E-state index contributed by atoms with van der Waals surface area (Å²) in [5, 5.41) is 3.49. The molecule has 0 aliphatic heterocycles. The molecular formula is C18H26FNO. The van der Waals surface area contributed by atoms with Crippen LogP contribution in [0.2, 0.25) is 0 Å². The second-order valence-corrected chi connectivity index (χ2v) is 5.68. The van der Waals surface area contributed by atoms with Gasteiger partial charge in [0.25, 0.3) is 0 Å². The lowest BCUT2D eigenvalue weighted by molar-refractivity contribution is 0.378. The molecule has 0 bridgehead atoms. The zero-order chi connectivity index (χ0) is 15.1. The van der Waals surface area contributed by atoms with Gasteiger partial charge < -0.3 is 10.1 Å². The fourth-order valence-electron chi connectivity index (χ4n) is 2.92. The van der Waals surface area contributed by atoms with Crippen molar-refractivity contribution in [2.45, 2.75) is 51.5 Å². The molecule has 1 aromatic rings. The van der Waals surface area contributed by atoms with Gasteiger partial charge >= 0.3 is 0 Å². The average Bonchev–Trinajstić information content (AvgIpc) is 2.53. The van der Waals surface area contributed by atoms with Gasteiger partial charge in [0.2, 0.25) is 0 Å². The van der Waals surface area contributed by atoms with Crippen LogP contribution in [0.15, 0.2) is 29.8 Å². The quantitative estimate of drug-likeness (QED) is 0.731. The SMILES string of the molecule is CCCNC(CC1=CCCCC1)c1cccc(OC)c1F. The molecule has 1 aromatic carbocycles. The Balaban J connectivity index is 2.20. The van der Waals surface area contributed by atoms with Crippen molar-refractivity contribution in [3.05, 3.63) is 41.2 Å². The number of benzene rings is 1. The Morgan fingerprint density at radius 1 is 1.33 bits per heavy atom. The third kappa shape index (κ3) is 4.31. The number of nitrogens with one attached hydrogen (secondary N) is 1. The largest absolute Gasteiger partial charge is 0.494 e. The number of methoxy groups -OCH3 is 1. The van der Waals surface area contributed by atoms with Gasteiger partial charge in [0.1, 0.15) is 0 Å². The Morgan fingerprint density at radius 2 is 2.19 bits per heavy atom. The van der Waals surface area contributed by atoms with Gasteiger partial charge in [0, 0.05) is 11.6 Å². The predicted octanol–water partition coefficient (Wildman–Crippen LogP) is 4.77. The van der Waals surface area contributed by atoms with Crippen LogP contribution >= 0.6 is 0 Å². The number of ether oxygens (including phenoxy) is 1. The zero-order valence-corrected chi connectivity index (χ0v) is 13.1. The maximum absolute atomic E-state index is 14.5. The van der Waals surface area contributed by atoms with Gasteiger partial charge in [0.05, 0.1) is 7.11 Å². The van der Waals surface area contributed by atoms with Crippen LogP contribution in [0.25, 0.3) is 0 Å². The van der Waals surface area contributed by atoms with E-state index in [4.69, 9.17) is 4.74 Å². The lowest BCUT2D eigenvalue weighted by Gasteiger charge is -2.23. The molecule has 1 N–H and O–H groups in total. The Hall–Kier alpha value is -1.35. The lowest BCUT2D eigenvalue weighted by atomic mass is 9.91. The predicted molar refractivity (Wildman–Crippen MR) is 85.2 cm³/mol. The van der Waals surface area contributed by atoms with E-state index < -0.39 is 0 Å². The third-order valence-corrected chi connectivity index (χ3v) is 4.08. The third-order valence-electron chi connectivity index (χ3n) is 4.08. The molecule has 0 fully saturated rings. The Morgan fingerprint density at radius 3 is 2.86 bits per heavy atom. The number of hydrogen-bond donors (Lipinski definition) is 1. The molecule has 116 valence electrons. The number of halogens is 1. The first-order valence-corrected chi connectivity index (χ1v) is 8.00. The summed E-state index contributed by atoms with van der Waals surface area (Å²) in [4.78, 5) is 0. The molecule has 0 saturated carbocycles. The summed E-state index contributed by atoms with van der Waals surface area (Å²) in [6.07, 6.45) is 9.12. The van der Waals surface area contributed by atoms with Crippen LogP contribution in [0.4, 0.5) is 4.39 Å². The molecule has 0 saturated heterocycles. The molecule has 0 heterocycles. The van der Waals surface area contributed by atoms with Gasteiger partial charge in [-0.1, -0.05) is 30.7 Å². The highest BCUT2D eigenvalue weighted by Gasteiger charge is 2.19. The molecule has 0 amide bonds. The Labute approximate surface area is 127 Å². The molecule has 1 aliphatic rings. The van der Waals surface area contributed by atoms with Crippen LogP contribution < -0.4 is 10.1 Å². The molecule has 21 heavy (non-hydrogen) atoms. The van der Waals surface area contributed by atoms with Gasteiger partial charge in [-0.2, -0.15) is 0 Å². The van der Waals surface area contributed by atoms with Crippen molar-refractivity contribution in [3.8, 4) is 5.75 Å². The monoisotopic (exact) mass is 291 g/mol. The van der Waals surface area contributed by atoms with Crippen LogP contribution in [0.5, 0.6) is 5.75 Å². The summed E-state index contributed by atoms with van der Waals surface area (Å²) in [6, 6.07) is 5.45. The van der Waals surface area contributed by atoms with Crippen molar-refractivity contribution in [1.29, 1.82) is 0 Å². The van der Waals surface area contributed by atoms with E-state index >= 15 is 0 Å². The molecule has 3 heteroatoms. The number of hydrogen-bond acceptors (Lipinski definition) is 2. The zero-order valence-electron chi connectivity index (χ0n) is 13.1. The highest BCUT2D eigenvalue weighted by molar-refractivity contribution is 5.34. The summed E-state index contributed by atoms with van der Waals surface area (Å²) in [6.45, 7) is 3.03. The highest BCUT2D eigenvalue weighted by Crippen LogP contribution is 2.31. The minimum atomic E-state index is -0.231. The number of rotatable bonds is 7. The summed E-state index contributed by atoms with van der Waals surface area (Å²) in [7, 11) is 1.51. The van der Waals surface area contributed by atoms with E-state index in [9.17, 15) is 4.39 Å². The molecule has 2 nitrogen and oxygen atoms in total. The molecule has 1 aliphatic carbocycles. The van der Waals surface area contributed by atoms with E-state index in [1.807, 2.05) is 12.1 Å². The smallest absolute Gasteiger partial charge is 0.169 e. The fraction of sp³-hybridized carbons (Fsp3) is 0.556. The lowest BCUT2D eigenvalue weighted by Crippen LogP contribution is -2.24. The van der Waals surface area contributed by atoms with Gasteiger partial charge in [-0.25, -0.2) is 4.39 Å².